The molecule has 1 aromatic carbocycles. The van der Waals surface area contributed by atoms with Gasteiger partial charge in [0.1, 0.15) is 0 Å². The summed E-state index contributed by atoms with van der Waals surface area (Å²) < 4.78 is 12.1. The molecule has 2 heterocycles. The van der Waals surface area contributed by atoms with Crippen LogP contribution in [0.4, 0.5) is 0 Å². The Morgan fingerprint density at radius 1 is 1.10 bits per heavy atom. The van der Waals surface area contributed by atoms with Crippen LogP contribution in [0, 0.1) is 0 Å². The number of hydrogen-bond donors (Lipinski definition) is 0. The zero-order valence-electron chi connectivity index (χ0n) is 12.1. The van der Waals surface area contributed by atoms with Crippen LogP contribution in [0.1, 0.15) is 27.7 Å². The first-order valence-electron chi connectivity index (χ1n) is 6.70. The van der Waals surface area contributed by atoms with Gasteiger partial charge in [-0.15, -0.1) is 0 Å². The number of fused-ring (bicyclic) bond motifs is 1. The molecule has 3 nitrogen and oxygen atoms in total. The van der Waals surface area contributed by atoms with E-state index in [2.05, 4.69) is 4.98 Å². The molecule has 0 spiro atoms. The van der Waals surface area contributed by atoms with Crippen LogP contribution in [0.15, 0.2) is 30.5 Å². The lowest BCUT2D eigenvalue weighted by atomic mass is 9.80. The number of rotatable bonds is 1. The van der Waals surface area contributed by atoms with Crippen molar-refractivity contribution in [3.63, 3.8) is 0 Å². The van der Waals surface area contributed by atoms with Crippen molar-refractivity contribution < 1.29 is 9.31 Å². The molecule has 1 aliphatic heterocycles. The Labute approximate surface area is 124 Å². The summed E-state index contributed by atoms with van der Waals surface area (Å²) in [6, 6.07) is 7.77. The van der Waals surface area contributed by atoms with Gasteiger partial charge in [-0.25, -0.2) is 0 Å². The first-order valence-corrected chi connectivity index (χ1v) is 7.08. The second-order valence-electron chi connectivity index (χ2n) is 6.17. The summed E-state index contributed by atoms with van der Waals surface area (Å²) in [4.78, 5) is 4.43. The maximum absolute atomic E-state index is 6.13. The topological polar surface area (TPSA) is 31.4 Å². The number of hydrogen-bond acceptors (Lipinski definition) is 3. The van der Waals surface area contributed by atoms with E-state index in [1.54, 1.807) is 6.20 Å². The molecule has 1 fully saturated rings. The van der Waals surface area contributed by atoms with Gasteiger partial charge in [0.05, 0.1) is 21.7 Å². The molecule has 0 aliphatic carbocycles. The Morgan fingerprint density at radius 3 is 2.40 bits per heavy atom. The Morgan fingerprint density at radius 2 is 1.75 bits per heavy atom. The second-order valence-corrected chi connectivity index (χ2v) is 6.58. The fraction of sp³-hybridized carbons (Fsp3) is 0.400. The van der Waals surface area contributed by atoms with Gasteiger partial charge < -0.3 is 9.31 Å². The Balaban J connectivity index is 2.00. The first-order chi connectivity index (χ1) is 9.30. The van der Waals surface area contributed by atoms with Gasteiger partial charge in [0.25, 0.3) is 0 Å². The molecule has 104 valence electrons. The third-order valence-corrected chi connectivity index (χ3v) is 4.51. The quantitative estimate of drug-likeness (QED) is 0.756. The summed E-state index contributed by atoms with van der Waals surface area (Å²) in [5, 5.41) is 1.65. The van der Waals surface area contributed by atoms with Gasteiger partial charge in [0, 0.05) is 17.0 Å². The summed E-state index contributed by atoms with van der Waals surface area (Å²) in [6.07, 6.45) is 1.77. The van der Waals surface area contributed by atoms with E-state index in [1.165, 1.54) is 0 Å². The highest BCUT2D eigenvalue weighted by molar-refractivity contribution is 6.62. The zero-order valence-corrected chi connectivity index (χ0v) is 12.9. The fourth-order valence-corrected chi connectivity index (χ4v) is 2.48. The Kier molecular flexibility index (Phi) is 3.09. The van der Waals surface area contributed by atoms with Gasteiger partial charge in [0.15, 0.2) is 0 Å². The molecule has 1 aromatic heterocycles. The molecular weight excluding hydrogens is 272 g/mol. The van der Waals surface area contributed by atoms with Crippen LogP contribution in [0.3, 0.4) is 0 Å². The minimum Gasteiger partial charge on any atom is -0.399 e. The van der Waals surface area contributed by atoms with Gasteiger partial charge in [-0.1, -0.05) is 29.8 Å². The summed E-state index contributed by atoms with van der Waals surface area (Å²) in [5.74, 6) is 0. The number of halogens is 1. The average Bonchev–Trinajstić information content (AvgIpc) is 2.58. The molecule has 20 heavy (non-hydrogen) atoms. The predicted molar refractivity (Wildman–Crippen MR) is 82.5 cm³/mol. The van der Waals surface area contributed by atoms with E-state index in [1.807, 2.05) is 52.0 Å². The lowest BCUT2D eigenvalue weighted by molar-refractivity contribution is 0.00578. The molecule has 3 rings (SSSR count). The van der Waals surface area contributed by atoms with E-state index >= 15 is 0 Å². The molecule has 1 saturated heterocycles. The first kappa shape index (κ1) is 13.9. The molecule has 0 unspecified atom stereocenters. The van der Waals surface area contributed by atoms with Gasteiger partial charge >= 0.3 is 7.12 Å². The van der Waals surface area contributed by atoms with E-state index in [9.17, 15) is 0 Å². The van der Waals surface area contributed by atoms with Crippen molar-refractivity contribution in [2.24, 2.45) is 0 Å². The van der Waals surface area contributed by atoms with E-state index in [0.717, 1.165) is 16.4 Å². The highest BCUT2D eigenvalue weighted by Crippen LogP contribution is 2.36. The van der Waals surface area contributed by atoms with E-state index < -0.39 is 7.12 Å². The number of benzene rings is 1. The van der Waals surface area contributed by atoms with Crippen LogP contribution in [0.25, 0.3) is 10.9 Å². The molecule has 2 aromatic rings. The summed E-state index contributed by atoms with van der Waals surface area (Å²) >= 11 is 6.13. The monoisotopic (exact) mass is 289 g/mol. The summed E-state index contributed by atoms with van der Waals surface area (Å²) in [7, 11) is -0.393. The summed E-state index contributed by atoms with van der Waals surface area (Å²) in [6.45, 7) is 8.16. The molecule has 0 saturated carbocycles. The number of nitrogens with zero attached hydrogens (tertiary/aromatic N) is 1. The molecule has 5 heteroatoms. The van der Waals surface area contributed by atoms with Crippen molar-refractivity contribution >= 4 is 35.1 Å². The Bertz CT molecular complexity index is 656. The van der Waals surface area contributed by atoms with Crippen molar-refractivity contribution in [3.8, 4) is 0 Å². The van der Waals surface area contributed by atoms with Crippen molar-refractivity contribution in [1.29, 1.82) is 0 Å². The highest BCUT2D eigenvalue weighted by Gasteiger charge is 2.51. The smallest absolute Gasteiger partial charge is 0.399 e. The molecule has 0 radical (unpaired) electrons. The second kappa shape index (κ2) is 4.45. The molecule has 0 atom stereocenters. The van der Waals surface area contributed by atoms with Crippen LogP contribution in [0.5, 0.6) is 0 Å². The van der Waals surface area contributed by atoms with E-state index in [4.69, 9.17) is 20.9 Å². The molecular formula is C15H17BClNO2. The van der Waals surface area contributed by atoms with Crippen LogP contribution >= 0.6 is 11.6 Å². The molecule has 0 N–H and O–H groups in total. The summed E-state index contributed by atoms with van der Waals surface area (Å²) in [5.41, 5.74) is 1.02. The van der Waals surface area contributed by atoms with Gasteiger partial charge in [-0.2, -0.15) is 0 Å². The SMILES string of the molecule is CC1(C)OB(c2cnc3c(Cl)cccc3c2)OC1(C)C. The maximum atomic E-state index is 6.13. The standard InChI is InChI=1S/C15H17BClNO2/c1-14(2)15(3,4)20-16(19-14)11-8-10-6-5-7-12(17)13(10)18-9-11/h5-9H,1-4H3. The minimum absolute atomic E-state index is 0.346. The third-order valence-electron chi connectivity index (χ3n) is 4.21. The minimum atomic E-state index is -0.393. The van der Waals surface area contributed by atoms with E-state index in [0.29, 0.717) is 5.02 Å². The van der Waals surface area contributed by atoms with Crippen LogP contribution in [-0.2, 0) is 9.31 Å². The third kappa shape index (κ3) is 2.12. The van der Waals surface area contributed by atoms with Crippen molar-refractivity contribution in [1.82, 2.24) is 4.98 Å². The van der Waals surface area contributed by atoms with Crippen LogP contribution < -0.4 is 5.46 Å². The number of para-hydroxylation sites is 1. The normalized spacial score (nSPS) is 20.6. The maximum Gasteiger partial charge on any atom is 0.496 e. The zero-order chi connectivity index (χ0) is 14.5. The Hall–Kier alpha value is -1.10. The van der Waals surface area contributed by atoms with Crippen molar-refractivity contribution in [2.75, 3.05) is 0 Å². The number of aromatic nitrogens is 1. The molecule has 0 bridgehead atoms. The molecule has 0 amide bonds. The van der Waals surface area contributed by atoms with Gasteiger partial charge in [0.2, 0.25) is 0 Å². The van der Waals surface area contributed by atoms with Gasteiger partial charge in [-0.05, 0) is 33.8 Å². The highest BCUT2D eigenvalue weighted by atomic mass is 35.5. The predicted octanol–water partition coefficient (Wildman–Crippen LogP) is 3.19. The van der Waals surface area contributed by atoms with E-state index in [-0.39, 0.29) is 11.2 Å². The lowest BCUT2D eigenvalue weighted by Crippen LogP contribution is -2.41. The van der Waals surface area contributed by atoms with Crippen LogP contribution in [0.2, 0.25) is 5.02 Å². The van der Waals surface area contributed by atoms with Crippen molar-refractivity contribution in [2.45, 2.75) is 38.9 Å². The van der Waals surface area contributed by atoms with Crippen LogP contribution in [-0.4, -0.2) is 23.3 Å². The number of pyridine rings is 1. The largest absolute Gasteiger partial charge is 0.496 e. The van der Waals surface area contributed by atoms with Gasteiger partial charge in [-0.3, -0.25) is 4.98 Å². The lowest BCUT2D eigenvalue weighted by Gasteiger charge is -2.32. The average molecular weight is 290 g/mol. The fourth-order valence-electron chi connectivity index (χ4n) is 2.25. The molecule has 1 aliphatic rings. The van der Waals surface area contributed by atoms with Crippen molar-refractivity contribution in [3.05, 3.63) is 35.5 Å².